The summed E-state index contributed by atoms with van der Waals surface area (Å²) in [5, 5.41) is 15.7. The van der Waals surface area contributed by atoms with Crippen LogP contribution in [0.2, 0.25) is 0 Å². The van der Waals surface area contributed by atoms with Gasteiger partial charge in [0.05, 0.1) is 17.7 Å². The highest BCUT2D eigenvalue weighted by atomic mass is 32.1. The van der Waals surface area contributed by atoms with Crippen LogP contribution >= 0.6 is 12.2 Å². The third-order valence-electron chi connectivity index (χ3n) is 3.51. The Labute approximate surface area is 148 Å². The zero-order valence-electron chi connectivity index (χ0n) is 14.1. The molecule has 0 aromatic heterocycles. The van der Waals surface area contributed by atoms with Gasteiger partial charge in [-0.05, 0) is 62.3 Å². The third kappa shape index (κ3) is 4.97. The summed E-state index contributed by atoms with van der Waals surface area (Å²) < 4.78 is 5.92. The summed E-state index contributed by atoms with van der Waals surface area (Å²) in [6, 6.07) is 15.4. The Hall–Kier alpha value is -2.58. The maximum Gasteiger partial charge on any atom is 0.171 e. The Morgan fingerprint density at radius 3 is 2.54 bits per heavy atom. The minimum Gasteiger partial charge on any atom is -0.491 e. The topological polar surface area (TPSA) is 57.1 Å². The first-order valence-corrected chi connectivity index (χ1v) is 8.17. The maximum absolute atomic E-state index is 8.92. The van der Waals surface area contributed by atoms with Crippen molar-refractivity contribution < 1.29 is 4.74 Å². The fourth-order valence-electron chi connectivity index (χ4n) is 2.33. The van der Waals surface area contributed by atoms with E-state index in [1.807, 2.05) is 51.1 Å². The van der Waals surface area contributed by atoms with Gasteiger partial charge in [0, 0.05) is 5.69 Å². The van der Waals surface area contributed by atoms with Crippen molar-refractivity contribution in [1.29, 1.82) is 5.26 Å². The predicted molar refractivity (Wildman–Crippen MR) is 101 cm³/mol. The van der Waals surface area contributed by atoms with Crippen LogP contribution in [0.5, 0.6) is 5.75 Å². The molecule has 0 fully saturated rings. The fraction of sp³-hybridized carbons (Fsp3) is 0.263. The molecular weight excluding hydrogens is 318 g/mol. The van der Waals surface area contributed by atoms with E-state index in [4.69, 9.17) is 22.2 Å². The number of thiocarbonyl (C=S) groups is 1. The van der Waals surface area contributed by atoms with Gasteiger partial charge in [-0.25, -0.2) is 0 Å². The second-order valence-electron chi connectivity index (χ2n) is 5.72. The molecule has 124 valence electrons. The number of hydrogen-bond donors (Lipinski definition) is 2. The monoisotopic (exact) mass is 339 g/mol. The first-order valence-electron chi connectivity index (χ1n) is 7.76. The smallest absolute Gasteiger partial charge is 0.171 e. The highest BCUT2D eigenvalue weighted by Crippen LogP contribution is 2.22. The van der Waals surface area contributed by atoms with Crippen molar-refractivity contribution in [2.45, 2.75) is 26.8 Å². The highest BCUT2D eigenvalue weighted by Gasteiger charge is 2.08. The van der Waals surface area contributed by atoms with Crippen molar-refractivity contribution in [2.24, 2.45) is 0 Å². The molecule has 0 aliphatic heterocycles. The van der Waals surface area contributed by atoms with Crippen LogP contribution in [0.15, 0.2) is 42.5 Å². The van der Waals surface area contributed by atoms with Gasteiger partial charge < -0.3 is 15.4 Å². The molecule has 0 bridgehead atoms. The summed E-state index contributed by atoms with van der Waals surface area (Å²) >= 11 is 5.31. The average Bonchev–Trinajstić information content (AvgIpc) is 2.54. The van der Waals surface area contributed by atoms with Crippen LogP contribution in [-0.2, 0) is 0 Å². The number of hydrogen-bond acceptors (Lipinski definition) is 3. The minimum atomic E-state index is 0.0446. The Balaban J connectivity index is 1.86. The van der Waals surface area contributed by atoms with Gasteiger partial charge in [-0.1, -0.05) is 24.3 Å². The largest absolute Gasteiger partial charge is 0.491 e. The van der Waals surface area contributed by atoms with E-state index in [0.29, 0.717) is 17.3 Å². The van der Waals surface area contributed by atoms with E-state index in [1.54, 1.807) is 12.1 Å². The lowest BCUT2D eigenvalue weighted by Crippen LogP contribution is -2.39. The Kier molecular flexibility index (Phi) is 6.16. The predicted octanol–water partition coefficient (Wildman–Crippen LogP) is 3.93. The van der Waals surface area contributed by atoms with Gasteiger partial charge in [-0.15, -0.1) is 0 Å². The van der Waals surface area contributed by atoms with E-state index in [-0.39, 0.29) is 6.04 Å². The molecule has 5 heteroatoms. The van der Waals surface area contributed by atoms with Gasteiger partial charge in [0.15, 0.2) is 5.11 Å². The molecule has 1 unspecified atom stereocenters. The Morgan fingerprint density at radius 1 is 1.21 bits per heavy atom. The summed E-state index contributed by atoms with van der Waals surface area (Å²) in [5.74, 6) is 0.923. The molecule has 0 aliphatic rings. The molecule has 2 N–H and O–H groups in total. The van der Waals surface area contributed by atoms with Gasteiger partial charge in [0.25, 0.3) is 0 Å². The molecule has 2 aromatic rings. The van der Waals surface area contributed by atoms with Crippen LogP contribution < -0.4 is 15.4 Å². The van der Waals surface area contributed by atoms with Crippen LogP contribution in [0.25, 0.3) is 0 Å². The van der Waals surface area contributed by atoms with Gasteiger partial charge >= 0.3 is 0 Å². The van der Waals surface area contributed by atoms with E-state index >= 15 is 0 Å². The third-order valence-corrected chi connectivity index (χ3v) is 3.73. The van der Waals surface area contributed by atoms with Crippen molar-refractivity contribution in [3.8, 4) is 11.8 Å². The van der Waals surface area contributed by atoms with E-state index < -0.39 is 0 Å². The lowest BCUT2D eigenvalue weighted by atomic mass is 10.1. The number of para-hydroxylation sites is 1. The normalized spacial score (nSPS) is 11.2. The number of nitrogens with zero attached hydrogens (tertiary/aromatic N) is 1. The second-order valence-corrected chi connectivity index (χ2v) is 6.13. The summed E-state index contributed by atoms with van der Waals surface area (Å²) in [5.41, 5.74) is 3.62. The molecule has 24 heavy (non-hydrogen) atoms. The van der Waals surface area contributed by atoms with Crippen LogP contribution in [0.3, 0.4) is 0 Å². The SMILES string of the molecule is Cc1cccc(C)c1OCC(C)NC(=S)Nc1cccc(C#N)c1. The molecule has 0 amide bonds. The number of rotatable bonds is 5. The summed E-state index contributed by atoms with van der Waals surface area (Å²) in [6.07, 6.45) is 0. The molecule has 0 heterocycles. The molecule has 2 aromatic carbocycles. The summed E-state index contributed by atoms with van der Waals surface area (Å²) in [7, 11) is 0. The van der Waals surface area contributed by atoms with Crippen molar-refractivity contribution in [3.05, 3.63) is 59.2 Å². The highest BCUT2D eigenvalue weighted by molar-refractivity contribution is 7.80. The van der Waals surface area contributed by atoms with Crippen molar-refractivity contribution in [3.63, 3.8) is 0 Å². The average molecular weight is 339 g/mol. The summed E-state index contributed by atoms with van der Waals surface area (Å²) in [4.78, 5) is 0. The molecule has 0 aliphatic carbocycles. The second kappa shape index (κ2) is 8.32. The number of anilines is 1. The summed E-state index contributed by atoms with van der Waals surface area (Å²) in [6.45, 7) is 6.59. The molecule has 0 radical (unpaired) electrons. The van der Waals surface area contributed by atoms with Gasteiger partial charge in [-0.3, -0.25) is 0 Å². The minimum absolute atomic E-state index is 0.0446. The van der Waals surface area contributed by atoms with Crippen LogP contribution in [0.4, 0.5) is 5.69 Å². The number of benzene rings is 2. The number of nitrogens with one attached hydrogen (secondary N) is 2. The quantitative estimate of drug-likeness (QED) is 0.809. The Morgan fingerprint density at radius 2 is 1.88 bits per heavy atom. The van der Waals surface area contributed by atoms with E-state index in [0.717, 1.165) is 22.6 Å². The molecule has 0 spiro atoms. The Bertz CT molecular complexity index is 747. The lowest BCUT2D eigenvalue weighted by Gasteiger charge is -2.19. The van der Waals surface area contributed by atoms with Crippen LogP contribution in [0, 0.1) is 25.2 Å². The van der Waals surface area contributed by atoms with Gasteiger partial charge in [-0.2, -0.15) is 5.26 Å². The first kappa shape index (κ1) is 17.8. The van der Waals surface area contributed by atoms with E-state index in [9.17, 15) is 0 Å². The fourth-order valence-corrected chi connectivity index (χ4v) is 2.65. The molecular formula is C19H21N3OS. The number of aryl methyl sites for hydroxylation is 2. The zero-order valence-corrected chi connectivity index (χ0v) is 14.9. The lowest BCUT2D eigenvalue weighted by molar-refractivity contribution is 0.283. The van der Waals surface area contributed by atoms with Crippen molar-refractivity contribution in [1.82, 2.24) is 5.32 Å². The maximum atomic E-state index is 8.92. The number of ether oxygens (including phenoxy) is 1. The first-order chi connectivity index (χ1) is 11.5. The molecule has 4 nitrogen and oxygen atoms in total. The standard InChI is InChI=1S/C19H21N3OS/c1-13-6-4-7-14(2)18(13)23-12-15(3)21-19(24)22-17-9-5-8-16(10-17)11-20/h4-10,15H,12H2,1-3H3,(H2,21,22,24). The van der Waals surface area contributed by atoms with Gasteiger partial charge in [0.1, 0.15) is 12.4 Å². The molecule has 2 rings (SSSR count). The molecule has 1 atom stereocenters. The molecule has 0 saturated heterocycles. The zero-order chi connectivity index (χ0) is 17.5. The molecule has 0 saturated carbocycles. The van der Waals surface area contributed by atoms with E-state index in [2.05, 4.69) is 16.7 Å². The number of nitriles is 1. The van der Waals surface area contributed by atoms with Crippen LogP contribution in [0.1, 0.15) is 23.6 Å². The van der Waals surface area contributed by atoms with Crippen molar-refractivity contribution in [2.75, 3.05) is 11.9 Å². The van der Waals surface area contributed by atoms with Crippen LogP contribution in [-0.4, -0.2) is 17.8 Å². The van der Waals surface area contributed by atoms with Crippen molar-refractivity contribution >= 4 is 23.0 Å². The van der Waals surface area contributed by atoms with E-state index in [1.165, 1.54) is 0 Å². The van der Waals surface area contributed by atoms with Gasteiger partial charge in [0.2, 0.25) is 0 Å².